The van der Waals surface area contributed by atoms with Gasteiger partial charge in [-0.1, -0.05) is 23.8 Å². The minimum absolute atomic E-state index is 0.133. The third kappa shape index (κ3) is 7.65. The van der Waals surface area contributed by atoms with Crippen molar-refractivity contribution in [3.63, 3.8) is 0 Å². The lowest BCUT2D eigenvalue weighted by molar-refractivity contribution is 0.571. The van der Waals surface area contributed by atoms with Crippen LogP contribution in [0.1, 0.15) is 20.8 Å². The molecule has 0 radical (unpaired) electrons. The molecular formula is C9H14S. The van der Waals surface area contributed by atoms with Gasteiger partial charge in [0.1, 0.15) is 0 Å². The first-order valence-corrected chi connectivity index (χ1v) is 4.29. The average molecular weight is 154 g/mol. The Bertz CT molecular complexity index is 152. The molecule has 0 aromatic rings. The van der Waals surface area contributed by atoms with Crippen LogP contribution in [0.5, 0.6) is 0 Å². The van der Waals surface area contributed by atoms with Gasteiger partial charge in [0.05, 0.1) is 0 Å². The van der Waals surface area contributed by atoms with Crippen LogP contribution in [0.4, 0.5) is 0 Å². The first-order chi connectivity index (χ1) is 4.56. The molecule has 10 heavy (non-hydrogen) atoms. The first-order valence-electron chi connectivity index (χ1n) is 3.31. The number of hydrogen-bond donors (Lipinski definition) is 0. The second kappa shape index (κ2) is 4.46. The fourth-order valence-corrected chi connectivity index (χ4v) is 0.869. The van der Waals surface area contributed by atoms with Gasteiger partial charge in [0, 0.05) is 11.2 Å². The Balaban J connectivity index is 3.59. The summed E-state index contributed by atoms with van der Waals surface area (Å²) in [5.74, 6) is 4.04. The maximum absolute atomic E-state index is 3.61. The van der Waals surface area contributed by atoms with Crippen LogP contribution in [0.3, 0.4) is 0 Å². The summed E-state index contributed by atoms with van der Waals surface area (Å²) in [5.41, 5.74) is 0.133. The van der Waals surface area contributed by atoms with E-state index in [9.17, 15) is 0 Å². The Morgan fingerprint density at radius 1 is 1.50 bits per heavy atom. The monoisotopic (exact) mass is 154 g/mol. The molecule has 0 nitrogen and oxygen atoms in total. The maximum atomic E-state index is 3.61. The quantitative estimate of drug-likeness (QED) is 0.335. The largest absolute Gasteiger partial charge is 0.102 e. The molecule has 0 aromatic carbocycles. The van der Waals surface area contributed by atoms with E-state index in [0.29, 0.717) is 0 Å². The zero-order valence-corrected chi connectivity index (χ0v) is 7.72. The fourth-order valence-electron chi connectivity index (χ4n) is 0.290. The minimum atomic E-state index is 0.133. The molecule has 0 aliphatic carbocycles. The van der Waals surface area contributed by atoms with E-state index in [2.05, 4.69) is 38.5 Å². The van der Waals surface area contributed by atoms with E-state index in [-0.39, 0.29) is 5.41 Å². The zero-order chi connectivity index (χ0) is 8.04. The highest BCUT2D eigenvalue weighted by atomic mass is 32.2. The van der Waals surface area contributed by atoms with Crippen LogP contribution in [0.2, 0.25) is 0 Å². The van der Waals surface area contributed by atoms with Gasteiger partial charge < -0.3 is 0 Å². The second-order valence-electron chi connectivity index (χ2n) is 3.08. The number of thioether (sulfide) groups is 1. The summed E-state index contributed by atoms with van der Waals surface area (Å²) in [7, 11) is 0. The van der Waals surface area contributed by atoms with Gasteiger partial charge in [-0.25, -0.2) is 0 Å². The van der Waals surface area contributed by atoms with E-state index in [1.807, 2.05) is 6.08 Å². The summed E-state index contributed by atoms with van der Waals surface area (Å²) < 4.78 is 0. The molecule has 0 rings (SSSR count). The van der Waals surface area contributed by atoms with Gasteiger partial charge in [0.2, 0.25) is 0 Å². The van der Waals surface area contributed by atoms with Crippen LogP contribution in [0, 0.1) is 16.6 Å². The Labute approximate surface area is 68.1 Å². The van der Waals surface area contributed by atoms with Crippen LogP contribution < -0.4 is 0 Å². The van der Waals surface area contributed by atoms with Crippen molar-refractivity contribution in [1.29, 1.82) is 0 Å². The summed E-state index contributed by atoms with van der Waals surface area (Å²) in [6.07, 6.45) is 1.86. The SMILES string of the molecule is C=CCSC#CC(C)(C)C. The van der Waals surface area contributed by atoms with Gasteiger partial charge in [-0.3, -0.25) is 0 Å². The smallest absolute Gasteiger partial charge is 0.0239 e. The van der Waals surface area contributed by atoms with E-state index in [4.69, 9.17) is 0 Å². The maximum Gasteiger partial charge on any atom is 0.0239 e. The molecule has 0 aliphatic heterocycles. The van der Waals surface area contributed by atoms with Gasteiger partial charge in [-0.15, -0.1) is 6.58 Å². The van der Waals surface area contributed by atoms with Crippen LogP contribution in [0.25, 0.3) is 0 Å². The van der Waals surface area contributed by atoms with Crippen LogP contribution in [-0.2, 0) is 0 Å². The van der Waals surface area contributed by atoms with Crippen molar-refractivity contribution in [2.45, 2.75) is 20.8 Å². The normalized spacial score (nSPS) is 9.90. The zero-order valence-electron chi connectivity index (χ0n) is 6.90. The molecule has 0 bridgehead atoms. The van der Waals surface area contributed by atoms with Crippen molar-refractivity contribution in [3.8, 4) is 11.2 Å². The van der Waals surface area contributed by atoms with Crippen LogP contribution in [-0.4, -0.2) is 5.75 Å². The third-order valence-electron chi connectivity index (χ3n) is 0.699. The highest BCUT2D eigenvalue weighted by Gasteiger charge is 2.02. The fraction of sp³-hybridized carbons (Fsp3) is 0.556. The third-order valence-corrected chi connectivity index (χ3v) is 1.35. The van der Waals surface area contributed by atoms with Gasteiger partial charge in [-0.05, 0) is 26.0 Å². The lowest BCUT2D eigenvalue weighted by atomic mass is 9.99. The van der Waals surface area contributed by atoms with Gasteiger partial charge in [0.15, 0.2) is 0 Å². The highest BCUT2D eigenvalue weighted by Crippen LogP contribution is 2.11. The number of rotatable bonds is 2. The lowest BCUT2D eigenvalue weighted by Crippen LogP contribution is -1.98. The molecule has 0 fully saturated rings. The summed E-state index contributed by atoms with van der Waals surface area (Å²) in [6.45, 7) is 9.92. The van der Waals surface area contributed by atoms with Crippen molar-refractivity contribution in [1.82, 2.24) is 0 Å². The molecule has 0 aliphatic rings. The molecule has 0 spiro atoms. The first kappa shape index (κ1) is 9.65. The standard InChI is InChI=1S/C9H14S/c1-5-7-10-8-6-9(2,3)4/h5H,1,7H2,2-4H3. The lowest BCUT2D eigenvalue weighted by Gasteiger charge is -2.05. The Hall–Kier alpha value is -0.350. The predicted molar refractivity (Wildman–Crippen MR) is 49.9 cm³/mol. The Kier molecular flexibility index (Phi) is 4.31. The van der Waals surface area contributed by atoms with E-state index in [1.165, 1.54) is 0 Å². The van der Waals surface area contributed by atoms with Crippen molar-refractivity contribution < 1.29 is 0 Å². The van der Waals surface area contributed by atoms with E-state index in [1.54, 1.807) is 11.8 Å². The Morgan fingerprint density at radius 2 is 2.10 bits per heavy atom. The molecule has 0 saturated carbocycles. The topological polar surface area (TPSA) is 0 Å². The molecule has 0 unspecified atom stereocenters. The van der Waals surface area contributed by atoms with Crippen LogP contribution in [0.15, 0.2) is 12.7 Å². The summed E-state index contributed by atoms with van der Waals surface area (Å²) in [5, 5.41) is 3.02. The average Bonchev–Trinajstić information content (AvgIpc) is 1.78. The molecule has 0 amide bonds. The van der Waals surface area contributed by atoms with Crippen molar-refractivity contribution in [3.05, 3.63) is 12.7 Å². The molecule has 56 valence electrons. The molecule has 0 heterocycles. The molecule has 0 atom stereocenters. The molecular weight excluding hydrogens is 140 g/mol. The van der Waals surface area contributed by atoms with E-state index in [0.717, 1.165) is 5.75 Å². The predicted octanol–water partition coefficient (Wildman–Crippen LogP) is 2.91. The van der Waals surface area contributed by atoms with Crippen molar-refractivity contribution >= 4 is 11.8 Å². The van der Waals surface area contributed by atoms with E-state index < -0.39 is 0 Å². The molecule has 0 aromatic heterocycles. The van der Waals surface area contributed by atoms with Crippen molar-refractivity contribution in [2.24, 2.45) is 5.41 Å². The second-order valence-corrected chi connectivity index (χ2v) is 3.90. The molecule has 1 heteroatoms. The highest BCUT2D eigenvalue weighted by molar-refractivity contribution is 8.04. The summed E-state index contributed by atoms with van der Waals surface area (Å²) >= 11 is 1.60. The van der Waals surface area contributed by atoms with Gasteiger partial charge in [-0.2, -0.15) is 0 Å². The molecule has 0 saturated heterocycles. The minimum Gasteiger partial charge on any atom is -0.102 e. The van der Waals surface area contributed by atoms with E-state index >= 15 is 0 Å². The molecule has 0 N–H and O–H groups in total. The van der Waals surface area contributed by atoms with Crippen LogP contribution >= 0.6 is 11.8 Å². The Morgan fingerprint density at radius 3 is 2.50 bits per heavy atom. The summed E-state index contributed by atoms with van der Waals surface area (Å²) in [4.78, 5) is 0. The summed E-state index contributed by atoms with van der Waals surface area (Å²) in [6, 6.07) is 0. The van der Waals surface area contributed by atoms with Gasteiger partial charge in [0.25, 0.3) is 0 Å². The van der Waals surface area contributed by atoms with Gasteiger partial charge >= 0.3 is 0 Å². The van der Waals surface area contributed by atoms with Crippen molar-refractivity contribution in [2.75, 3.05) is 5.75 Å². The number of hydrogen-bond acceptors (Lipinski definition) is 1.